The maximum Gasteiger partial charge on any atom is 0.257 e. The van der Waals surface area contributed by atoms with Gasteiger partial charge in [-0.1, -0.05) is 11.6 Å². The number of hydrogen-bond acceptors (Lipinski definition) is 4. The van der Waals surface area contributed by atoms with Crippen molar-refractivity contribution >= 4 is 28.9 Å². The third-order valence-electron chi connectivity index (χ3n) is 2.37. The molecule has 0 saturated heterocycles. The number of halogens is 1. The third kappa shape index (κ3) is 2.57. The molecule has 0 aliphatic carbocycles. The molecule has 2 rings (SSSR count). The van der Waals surface area contributed by atoms with E-state index >= 15 is 0 Å². The SMILES string of the molecule is Cc1ncc(N)cc1C(=O)Nc1cnccc1Cl. The number of amides is 1. The van der Waals surface area contributed by atoms with Crippen LogP contribution in [0.15, 0.2) is 30.7 Å². The minimum Gasteiger partial charge on any atom is -0.397 e. The molecule has 5 nitrogen and oxygen atoms in total. The molecule has 92 valence electrons. The van der Waals surface area contributed by atoms with Crippen molar-refractivity contribution in [3.63, 3.8) is 0 Å². The van der Waals surface area contributed by atoms with Gasteiger partial charge >= 0.3 is 0 Å². The van der Waals surface area contributed by atoms with Gasteiger partial charge in [0.15, 0.2) is 0 Å². The minimum atomic E-state index is -0.317. The van der Waals surface area contributed by atoms with Crippen LogP contribution in [0.1, 0.15) is 16.1 Å². The number of aryl methyl sites for hydroxylation is 1. The van der Waals surface area contributed by atoms with E-state index in [1.165, 1.54) is 12.4 Å². The molecule has 2 heterocycles. The van der Waals surface area contributed by atoms with Crippen LogP contribution in [-0.2, 0) is 0 Å². The first-order valence-electron chi connectivity index (χ1n) is 5.21. The standard InChI is InChI=1S/C12H11ClN4O/c1-7-9(4-8(14)5-16-7)12(18)17-11-6-15-3-2-10(11)13/h2-6H,14H2,1H3,(H,17,18). The summed E-state index contributed by atoms with van der Waals surface area (Å²) in [5, 5.41) is 3.09. The molecular weight excluding hydrogens is 252 g/mol. The van der Waals surface area contributed by atoms with Gasteiger partial charge < -0.3 is 11.1 Å². The van der Waals surface area contributed by atoms with Crippen molar-refractivity contribution in [2.45, 2.75) is 6.92 Å². The Balaban J connectivity index is 2.28. The van der Waals surface area contributed by atoms with E-state index in [-0.39, 0.29) is 5.91 Å². The molecule has 0 fully saturated rings. The van der Waals surface area contributed by atoms with Gasteiger partial charge in [0.1, 0.15) is 0 Å². The van der Waals surface area contributed by atoms with Gasteiger partial charge in [-0.3, -0.25) is 14.8 Å². The molecule has 18 heavy (non-hydrogen) atoms. The second-order valence-corrected chi connectivity index (χ2v) is 4.12. The molecule has 0 radical (unpaired) electrons. The van der Waals surface area contributed by atoms with Crippen molar-refractivity contribution in [2.24, 2.45) is 0 Å². The molecule has 3 N–H and O–H groups in total. The lowest BCUT2D eigenvalue weighted by Crippen LogP contribution is -2.15. The summed E-state index contributed by atoms with van der Waals surface area (Å²) in [6.07, 6.45) is 4.53. The van der Waals surface area contributed by atoms with Gasteiger partial charge in [-0.15, -0.1) is 0 Å². The molecule has 0 aliphatic rings. The fraction of sp³-hybridized carbons (Fsp3) is 0.0833. The van der Waals surface area contributed by atoms with Gasteiger partial charge in [-0.05, 0) is 19.1 Å². The first-order chi connectivity index (χ1) is 8.58. The van der Waals surface area contributed by atoms with Crippen LogP contribution >= 0.6 is 11.6 Å². The molecule has 1 amide bonds. The Kier molecular flexibility index (Phi) is 3.43. The number of nitrogen functional groups attached to an aromatic ring is 1. The predicted octanol–water partition coefficient (Wildman–Crippen LogP) is 2.27. The Bertz CT molecular complexity index is 600. The number of aromatic nitrogens is 2. The summed E-state index contributed by atoms with van der Waals surface area (Å²) in [6, 6.07) is 3.17. The lowest BCUT2D eigenvalue weighted by Gasteiger charge is -2.08. The van der Waals surface area contributed by atoms with Crippen LogP contribution in [0.3, 0.4) is 0 Å². The lowest BCUT2D eigenvalue weighted by atomic mass is 10.2. The number of nitrogens with zero attached hydrogens (tertiary/aromatic N) is 2. The summed E-state index contributed by atoms with van der Waals surface area (Å²) in [4.78, 5) is 20.0. The van der Waals surface area contributed by atoms with E-state index in [1.54, 1.807) is 25.3 Å². The molecule has 0 bridgehead atoms. The average Bonchev–Trinajstić information content (AvgIpc) is 2.35. The smallest absolute Gasteiger partial charge is 0.257 e. The summed E-state index contributed by atoms with van der Waals surface area (Å²) in [5.74, 6) is -0.317. The summed E-state index contributed by atoms with van der Waals surface area (Å²) >= 11 is 5.93. The van der Waals surface area contributed by atoms with E-state index in [4.69, 9.17) is 17.3 Å². The summed E-state index contributed by atoms with van der Waals surface area (Å²) in [7, 11) is 0. The second-order valence-electron chi connectivity index (χ2n) is 3.71. The van der Waals surface area contributed by atoms with Crippen LogP contribution in [0.2, 0.25) is 5.02 Å². The Hall–Kier alpha value is -2.14. The van der Waals surface area contributed by atoms with E-state index in [0.29, 0.717) is 27.7 Å². The topological polar surface area (TPSA) is 80.9 Å². The number of pyridine rings is 2. The number of hydrogen-bond donors (Lipinski definition) is 2. The average molecular weight is 263 g/mol. The summed E-state index contributed by atoms with van der Waals surface area (Å²) in [6.45, 7) is 1.74. The first-order valence-corrected chi connectivity index (χ1v) is 5.58. The number of carbonyl (C=O) groups excluding carboxylic acids is 1. The minimum absolute atomic E-state index is 0.317. The Morgan fingerprint density at radius 1 is 1.44 bits per heavy atom. The normalized spacial score (nSPS) is 10.1. The number of carbonyl (C=O) groups is 1. The molecule has 0 spiro atoms. The van der Waals surface area contributed by atoms with E-state index in [0.717, 1.165) is 0 Å². The van der Waals surface area contributed by atoms with Crippen LogP contribution in [0.5, 0.6) is 0 Å². The van der Waals surface area contributed by atoms with Gasteiger partial charge in [0, 0.05) is 6.20 Å². The molecular formula is C12H11ClN4O. The van der Waals surface area contributed by atoms with Crippen LogP contribution in [-0.4, -0.2) is 15.9 Å². The highest BCUT2D eigenvalue weighted by Gasteiger charge is 2.12. The van der Waals surface area contributed by atoms with Crippen LogP contribution in [0.4, 0.5) is 11.4 Å². The van der Waals surface area contributed by atoms with Gasteiger partial charge in [0.2, 0.25) is 0 Å². The number of nitrogens with two attached hydrogens (primary N) is 1. The maximum absolute atomic E-state index is 12.0. The second kappa shape index (κ2) is 5.01. The highest BCUT2D eigenvalue weighted by Crippen LogP contribution is 2.20. The van der Waals surface area contributed by atoms with E-state index in [9.17, 15) is 4.79 Å². The molecule has 6 heteroatoms. The van der Waals surface area contributed by atoms with Crippen molar-refractivity contribution in [3.05, 3.63) is 47.0 Å². The molecule has 2 aromatic rings. The predicted molar refractivity (Wildman–Crippen MR) is 70.6 cm³/mol. The van der Waals surface area contributed by atoms with Crippen LogP contribution in [0.25, 0.3) is 0 Å². The number of rotatable bonds is 2. The van der Waals surface area contributed by atoms with E-state index < -0.39 is 0 Å². The first kappa shape index (κ1) is 12.3. The Morgan fingerprint density at radius 3 is 2.94 bits per heavy atom. The van der Waals surface area contributed by atoms with Gasteiger partial charge in [-0.25, -0.2) is 0 Å². The summed E-state index contributed by atoms with van der Waals surface area (Å²) in [5.41, 5.74) is 7.50. The van der Waals surface area contributed by atoms with Crippen molar-refractivity contribution in [3.8, 4) is 0 Å². The largest absolute Gasteiger partial charge is 0.397 e. The molecule has 0 atom stereocenters. The molecule has 2 aromatic heterocycles. The van der Waals surface area contributed by atoms with Crippen molar-refractivity contribution in [1.82, 2.24) is 9.97 Å². The number of anilines is 2. The van der Waals surface area contributed by atoms with Crippen molar-refractivity contribution < 1.29 is 4.79 Å². The zero-order valence-electron chi connectivity index (χ0n) is 9.64. The van der Waals surface area contributed by atoms with Gasteiger partial charge in [0.25, 0.3) is 5.91 Å². The summed E-state index contributed by atoms with van der Waals surface area (Å²) < 4.78 is 0. The van der Waals surface area contributed by atoms with Gasteiger partial charge in [0.05, 0.1) is 40.0 Å². The van der Waals surface area contributed by atoms with E-state index in [1.807, 2.05) is 0 Å². The quantitative estimate of drug-likeness (QED) is 0.870. The zero-order chi connectivity index (χ0) is 13.1. The Morgan fingerprint density at radius 2 is 2.22 bits per heavy atom. The van der Waals surface area contributed by atoms with E-state index in [2.05, 4.69) is 15.3 Å². The van der Waals surface area contributed by atoms with Crippen molar-refractivity contribution in [2.75, 3.05) is 11.1 Å². The zero-order valence-corrected chi connectivity index (χ0v) is 10.4. The molecule has 0 aromatic carbocycles. The Labute approximate surface area is 109 Å². The maximum atomic E-state index is 12.0. The number of nitrogens with one attached hydrogen (secondary N) is 1. The van der Waals surface area contributed by atoms with Crippen LogP contribution < -0.4 is 11.1 Å². The van der Waals surface area contributed by atoms with Crippen LogP contribution in [0, 0.1) is 6.92 Å². The highest BCUT2D eigenvalue weighted by atomic mass is 35.5. The monoisotopic (exact) mass is 262 g/mol. The molecule has 0 saturated carbocycles. The molecule has 0 aliphatic heterocycles. The van der Waals surface area contributed by atoms with Gasteiger partial charge in [-0.2, -0.15) is 0 Å². The lowest BCUT2D eigenvalue weighted by molar-refractivity contribution is 0.102. The van der Waals surface area contributed by atoms with Crippen molar-refractivity contribution in [1.29, 1.82) is 0 Å². The third-order valence-corrected chi connectivity index (χ3v) is 2.70. The fourth-order valence-corrected chi connectivity index (χ4v) is 1.59. The fourth-order valence-electron chi connectivity index (χ4n) is 1.44. The molecule has 0 unspecified atom stereocenters. The highest BCUT2D eigenvalue weighted by molar-refractivity contribution is 6.33.